The van der Waals surface area contributed by atoms with E-state index in [0.29, 0.717) is 10.6 Å². The van der Waals surface area contributed by atoms with Crippen molar-refractivity contribution in [1.82, 2.24) is 9.55 Å². The number of hydrogen-bond donors (Lipinski definition) is 4. The molecule has 1 aliphatic heterocycles. The fourth-order valence-corrected chi connectivity index (χ4v) is 2.05. The molecule has 2 rings (SSSR count). The first-order valence-electron chi connectivity index (χ1n) is 6.20. The molecule has 9 nitrogen and oxygen atoms in total. The van der Waals surface area contributed by atoms with Gasteiger partial charge in [-0.3, -0.25) is 14.3 Å². The van der Waals surface area contributed by atoms with Crippen LogP contribution >= 0.6 is 0 Å². The molecule has 1 saturated heterocycles. The summed E-state index contributed by atoms with van der Waals surface area (Å²) in [5.74, 6) is -1.31. The first-order chi connectivity index (χ1) is 10.3. The fourth-order valence-electron chi connectivity index (χ4n) is 2.05. The number of alkyl halides is 1. The van der Waals surface area contributed by atoms with Crippen LogP contribution in [0.5, 0.6) is 0 Å². The zero-order valence-electron chi connectivity index (χ0n) is 11.0. The van der Waals surface area contributed by atoms with E-state index in [0.717, 1.165) is 12.3 Å². The van der Waals surface area contributed by atoms with Gasteiger partial charge in [-0.15, -0.1) is 0 Å². The number of carbonyl (C=O) groups is 1. The second-order valence-corrected chi connectivity index (χ2v) is 4.61. The molecule has 1 aromatic rings. The Labute approximate surface area is 121 Å². The van der Waals surface area contributed by atoms with E-state index in [9.17, 15) is 23.9 Å². The van der Waals surface area contributed by atoms with Crippen molar-refractivity contribution in [2.75, 3.05) is 6.61 Å². The topological polar surface area (TPSA) is 142 Å². The Morgan fingerprint density at radius 3 is 2.73 bits per heavy atom. The number of aliphatic hydroxyl groups excluding tert-OH is 2. The lowest BCUT2D eigenvalue weighted by molar-refractivity contribution is -0.131. The molecule has 0 radical (unpaired) electrons. The van der Waals surface area contributed by atoms with E-state index in [1.807, 2.05) is 4.98 Å². The van der Waals surface area contributed by atoms with Crippen LogP contribution in [0.4, 0.5) is 4.39 Å². The number of nitrogens with zero attached hydrogens (tertiary/aromatic N) is 1. The van der Waals surface area contributed by atoms with Gasteiger partial charge in [-0.05, 0) is 6.08 Å². The van der Waals surface area contributed by atoms with Gasteiger partial charge in [0.15, 0.2) is 12.4 Å². The summed E-state index contributed by atoms with van der Waals surface area (Å²) in [4.78, 5) is 35.6. The number of carboxylic acids is 1. The van der Waals surface area contributed by atoms with Crippen molar-refractivity contribution in [1.29, 1.82) is 0 Å². The van der Waals surface area contributed by atoms with Crippen LogP contribution in [0.1, 0.15) is 11.8 Å². The molecule has 0 aromatic carbocycles. The summed E-state index contributed by atoms with van der Waals surface area (Å²) >= 11 is 0. The standard InChI is InChI=1S/C12H13FN2O7/c13-8-9(19)6(4-16)22-11(8)15-3-5(1-2-7(17)18)10(20)14-12(15)21/h1-3,6,8-9,11,16,19H,4H2,(H,17,18)(H,14,20,21)/t6-,8?,9+,11-/m1/s1. The molecule has 4 atom stereocenters. The largest absolute Gasteiger partial charge is 0.478 e. The number of aromatic amines is 1. The number of aliphatic carboxylic acids is 1. The molecule has 0 bridgehead atoms. The number of carboxylic acid groups (broad SMARTS) is 1. The first-order valence-corrected chi connectivity index (χ1v) is 6.20. The normalized spacial score (nSPS) is 28.3. The van der Waals surface area contributed by atoms with Crippen LogP contribution in [0.3, 0.4) is 0 Å². The number of ether oxygens (including phenoxy) is 1. The number of aliphatic hydroxyl groups is 2. The van der Waals surface area contributed by atoms with Gasteiger partial charge in [-0.25, -0.2) is 14.0 Å². The van der Waals surface area contributed by atoms with E-state index >= 15 is 0 Å². The van der Waals surface area contributed by atoms with Crippen molar-refractivity contribution in [2.24, 2.45) is 0 Å². The van der Waals surface area contributed by atoms with Crippen LogP contribution in [0.15, 0.2) is 21.9 Å². The van der Waals surface area contributed by atoms with Gasteiger partial charge in [-0.1, -0.05) is 0 Å². The number of aromatic nitrogens is 2. The third-order valence-electron chi connectivity index (χ3n) is 3.15. The summed E-state index contributed by atoms with van der Waals surface area (Å²) in [5.41, 5.74) is -2.05. The third kappa shape index (κ3) is 2.98. The Balaban J connectivity index is 2.44. The minimum Gasteiger partial charge on any atom is -0.478 e. The molecular weight excluding hydrogens is 303 g/mol. The maximum absolute atomic E-state index is 14.0. The molecular formula is C12H13FN2O7. The quantitative estimate of drug-likeness (QED) is 0.481. The van der Waals surface area contributed by atoms with Crippen LogP contribution in [-0.2, 0) is 9.53 Å². The molecule has 1 aliphatic rings. The Morgan fingerprint density at radius 1 is 1.50 bits per heavy atom. The summed E-state index contributed by atoms with van der Waals surface area (Å²) in [6.45, 7) is -0.651. The average molecular weight is 316 g/mol. The highest BCUT2D eigenvalue weighted by Crippen LogP contribution is 2.30. The van der Waals surface area contributed by atoms with Crippen LogP contribution in [-0.4, -0.2) is 55.8 Å². The molecule has 0 amide bonds. The number of nitrogens with one attached hydrogen (secondary N) is 1. The zero-order valence-corrected chi connectivity index (χ0v) is 11.0. The Kier molecular flexibility index (Phi) is 4.54. The summed E-state index contributed by atoms with van der Waals surface area (Å²) in [7, 11) is 0. The van der Waals surface area contributed by atoms with Gasteiger partial charge in [0.2, 0.25) is 0 Å². The molecule has 120 valence electrons. The molecule has 2 heterocycles. The van der Waals surface area contributed by atoms with Crippen molar-refractivity contribution in [3.8, 4) is 0 Å². The smallest absolute Gasteiger partial charge is 0.330 e. The highest BCUT2D eigenvalue weighted by atomic mass is 19.1. The number of hydrogen-bond acceptors (Lipinski definition) is 6. The lowest BCUT2D eigenvalue weighted by Gasteiger charge is -2.16. The second-order valence-electron chi connectivity index (χ2n) is 4.61. The molecule has 1 aromatic heterocycles. The first kappa shape index (κ1) is 16.1. The van der Waals surface area contributed by atoms with E-state index in [4.69, 9.17) is 14.9 Å². The van der Waals surface area contributed by atoms with Crippen LogP contribution in [0.2, 0.25) is 0 Å². The van der Waals surface area contributed by atoms with Gasteiger partial charge in [0, 0.05) is 12.3 Å². The van der Waals surface area contributed by atoms with E-state index < -0.39 is 48.4 Å². The van der Waals surface area contributed by atoms with Crippen molar-refractivity contribution < 1.29 is 29.2 Å². The highest BCUT2D eigenvalue weighted by Gasteiger charge is 2.45. The third-order valence-corrected chi connectivity index (χ3v) is 3.15. The Morgan fingerprint density at radius 2 is 2.18 bits per heavy atom. The minimum absolute atomic E-state index is 0.209. The fraction of sp³-hybridized carbons (Fsp3) is 0.417. The van der Waals surface area contributed by atoms with Crippen LogP contribution in [0, 0.1) is 0 Å². The van der Waals surface area contributed by atoms with E-state index in [1.165, 1.54) is 0 Å². The number of halogens is 1. The number of rotatable bonds is 4. The summed E-state index contributed by atoms with van der Waals surface area (Å²) in [6.07, 6.45) is -3.87. The minimum atomic E-state index is -2.00. The van der Waals surface area contributed by atoms with E-state index in [1.54, 1.807) is 0 Å². The van der Waals surface area contributed by atoms with Crippen molar-refractivity contribution in [2.45, 2.75) is 24.6 Å². The van der Waals surface area contributed by atoms with Gasteiger partial charge < -0.3 is 20.1 Å². The Hall–Kier alpha value is -2.30. The van der Waals surface area contributed by atoms with Gasteiger partial charge in [-0.2, -0.15) is 0 Å². The molecule has 0 spiro atoms. The van der Waals surface area contributed by atoms with Gasteiger partial charge >= 0.3 is 11.7 Å². The summed E-state index contributed by atoms with van der Waals surface area (Å²) < 4.78 is 19.7. The average Bonchev–Trinajstić information content (AvgIpc) is 2.74. The lowest BCUT2D eigenvalue weighted by atomic mass is 10.1. The molecule has 0 saturated carbocycles. The Bertz CT molecular complexity index is 710. The predicted molar refractivity (Wildman–Crippen MR) is 69.9 cm³/mol. The molecule has 0 aliphatic carbocycles. The number of H-pyrrole nitrogens is 1. The molecule has 4 N–H and O–H groups in total. The summed E-state index contributed by atoms with van der Waals surface area (Å²) in [5, 5.41) is 27.0. The highest BCUT2D eigenvalue weighted by molar-refractivity contribution is 5.85. The lowest BCUT2D eigenvalue weighted by Crippen LogP contribution is -2.36. The maximum Gasteiger partial charge on any atom is 0.330 e. The monoisotopic (exact) mass is 316 g/mol. The molecule has 22 heavy (non-hydrogen) atoms. The van der Waals surface area contributed by atoms with E-state index in [-0.39, 0.29) is 5.56 Å². The van der Waals surface area contributed by atoms with Gasteiger partial charge in [0.25, 0.3) is 5.56 Å². The van der Waals surface area contributed by atoms with Crippen molar-refractivity contribution >= 4 is 12.0 Å². The SMILES string of the molecule is O=C(O)C=Cc1cn([C@@H]2O[C@H](CO)[C@H](O)C2F)c(=O)[nH]c1=O. The zero-order chi connectivity index (χ0) is 16.4. The molecule has 1 fully saturated rings. The maximum atomic E-state index is 14.0. The predicted octanol–water partition coefficient (Wildman–Crippen LogP) is -1.78. The van der Waals surface area contributed by atoms with Crippen LogP contribution in [0.25, 0.3) is 6.08 Å². The molecule has 1 unspecified atom stereocenters. The van der Waals surface area contributed by atoms with Crippen molar-refractivity contribution in [3.05, 3.63) is 38.7 Å². The van der Waals surface area contributed by atoms with Gasteiger partial charge in [0.05, 0.1) is 12.2 Å². The summed E-state index contributed by atoms with van der Waals surface area (Å²) in [6, 6.07) is 0. The van der Waals surface area contributed by atoms with E-state index in [2.05, 4.69) is 0 Å². The van der Waals surface area contributed by atoms with Crippen LogP contribution < -0.4 is 11.2 Å². The molecule has 10 heteroatoms. The van der Waals surface area contributed by atoms with Crippen molar-refractivity contribution in [3.63, 3.8) is 0 Å². The second kappa shape index (κ2) is 6.22. The van der Waals surface area contributed by atoms with Gasteiger partial charge in [0.1, 0.15) is 12.2 Å².